The van der Waals surface area contributed by atoms with Crippen molar-refractivity contribution in [2.24, 2.45) is 0 Å². The summed E-state index contributed by atoms with van der Waals surface area (Å²) in [7, 11) is 0. The van der Waals surface area contributed by atoms with Crippen LogP contribution in [0.5, 0.6) is 0 Å². The SMILES string of the molecule is c1ccc(-c2ccc(-c3nc(-c4ccc(-c5ccccc5)cc4)nc(-c4ccc5c(c4)C(c4ccccc4)(c4ccc(N(c6ccccc6)c6ccccc6)cc4)c4ccccc4-5)n3)cc2)cc1. The smallest absolute Gasteiger partial charge is 0.164 e. The molecule has 4 nitrogen and oxygen atoms in total. The van der Waals surface area contributed by atoms with E-state index in [1.165, 1.54) is 33.4 Å². The molecule has 0 saturated carbocycles. The molecule has 0 amide bonds. The van der Waals surface area contributed by atoms with Crippen LogP contribution in [0.2, 0.25) is 0 Å². The second-order valence-corrected chi connectivity index (χ2v) is 17.2. The van der Waals surface area contributed by atoms with E-state index in [1.807, 2.05) is 12.1 Å². The summed E-state index contributed by atoms with van der Waals surface area (Å²) in [6.45, 7) is 0. The fraction of sp³-hybridized carbons (Fsp3) is 0.0156. The van der Waals surface area contributed by atoms with Gasteiger partial charge in [0.2, 0.25) is 0 Å². The summed E-state index contributed by atoms with van der Waals surface area (Å²) in [6, 6.07) is 94.8. The zero-order valence-corrected chi connectivity index (χ0v) is 37.2. The molecule has 1 aliphatic rings. The van der Waals surface area contributed by atoms with Gasteiger partial charge in [0.05, 0.1) is 5.41 Å². The summed E-state index contributed by atoms with van der Waals surface area (Å²) in [5.41, 5.74) is 17.2. The average molecular weight is 869 g/mol. The first-order valence-corrected chi connectivity index (χ1v) is 23.1. The summed E-state index contributed by atoms with van der Waals surface area (Å²) in [4.78, 5) is 18.1. The molecule has 11 aromatic rings. The van der Waals surface area contributed by atoms with Gasteiger partial charge in [-0.3, -0.25) is 0 Å². The number of hydrogen-bond donors (Lipinski definition) is 0. The third-order valence-electron chi connectivity index (χ3n) is 13.2. The largest absolute Gasteiger partial charge is 0.311 e. The Hall–Kier alpha value is -8.99. The minimum absolute atomic E-state index is 0.613. The Morgan fingerprint density at radius 2 is 0.603 bits per heavy atom. The van der Waals surface area contributed by atoms with Gasteiger partial charge >= 0.3 is 0 Å². The molecule has 0 N–H and O–H groups in total. The molecule has 0 radical (unpaired) electrons. The van der Waals surface area contributed by atoms with Gasteiger partial charge in [0.25, 0.3) is 0 Å². The van der Waals surface area contributed by atoms with Crippen LogP contribution in [0.3, 0.4) is 0 Å². The first-order chi connectivity index (χ1) is 33.7. The van der Waals surface area contributed by atoms with Gasteiger partial charge in [-0.2, -0.15) is 0 Å². The van der Waals surface area contributed by atoms with Gasteiger partial charge in [0.15, 0.2) is 17.5 Å². The molecule has 1 unspecified atom stereocenters. The predicted octanol–water partition coefficient (Wildman–Crippen LogP) is 16.0. The Kier molecular flexibility index (Phi) is 10.4. The third kappa shape index (κ3) is 7.25. The molecule has 0 aliphatic heterocycles. The molecule has 320 valence electrons. The van der Waals surface area contributed by atoms with Gasteiger partial charge in [0, 0.05) is 33.8 Å². The molecule has 0 fully saturated rings. The van der Waals surface area contributed by atoms with Crippen molar-refractivity contribution in [2.75, 3.05) is 4.90 Å². The minimum Gasteiger partial charge on any atom is -0.311 e. The number of anilines is 3. The second kappa shape index (κ2) is 17.4. The number of hydrogen-bond acceptors (Lipinski definition) is 4. The van der Waals surface area contributed by atoms with E-state index in [4.69, 9.17) is 15.0 Å². The zero-order chi connectivity index (χ0) is 45.3. The van der Waals surface area contributed by atoms with Crippen LogP contribution in [0.1, 0.15) is 22.3 Å². The first kappa shape index (κ1) is 40.5. The predicted molar refractivity (Wildman–Crippen MR) is 279 cm³/mol. The summed E-state index contributed by atoms with van der Waals surface area (Å²) in [5, 5.41) is 0. The highest BCUT2D eigenvalue weighted by atomic mass is 15.1. The number of para-hydroxylation sites is 2. The lowest BCUT2D eigenvalue weighted by Gasteiger charge is -2.34. The number of benzene rings is 10. The summed E-state index contributed by atoms with van der Waals surface area (Å²) in [5.74, 6) is 1.85. The van der Waals surface area contributed by atoms with Crippen LogP contribution in [0, 0.1) is 0 Å². The van der Waals surface area contributed by atoms with Crippen molar-refractivity contribution in [3.63, 3.8) is 0 Å². The number of aromatic nitrogens is 3. The second-order valence-electron chi connectivity index (χ2n) is 17.2. The standard InChI is InChI=1S/C64H44N4/c1-6-18-45(19-7-1)47-30-34-49(35-31-47)61-65-62(50-36-32-48(33-37-50)46-20-8-2-9-21-46)67-63(66-61)51-38-43-58-57-28-16-17-29-59(57)64(60(58)44-51,52-22-10-3-11-23-52)53-39-41-56(42-40-53)68(54-24-12-4-13-25-54)55-26-14-5-15-27-55/h1-44H. The van der Waals surface area contributed by atoms with E-state index in [-0.39, 0.29) is 0 Å². The van der Waals surface area contributed by atoms with Gasteiger partial charge in [-0.15, -0.1) is 0 Å². The van der Waals surface area contributed by atoms with Crippen LogP contribution in [-0.4, -0.2) is 15.0 Å². The van der Waals surface area contributed by atoms with Crippen LogP contribution >= 0.6 is 0 Å². The molecule has 1 atom stereocenters. The van der Waals surface area contributed by atoms with E-state index >= 15 is 0 Å². The third-order valence-corrected chi connectivity index (χ3v) is 13.2. The quantitative estimate of drug-likeness (QED) is 0.137. The number of rotatable bonds is 10. The van der Waals surface area contributed by atoms with Crippen LogP contribution in [0.4, 0.5) is 17.1 Å². The Morgan fingerprint density at radius 1 is 0.250 bits per heavy atom. The Labute approximate surface area is 397 Å². The van der Waals surface area contributed by atoms with Crippen LogP contribution in [-0.2, 0) is 5.41 Å². The van der Waals surface area contributed by atoms with Crippen molar-refractivity contribution < 1.29 is 0 Å². The van der Waals surface area contributed by atoms with Crippen LogP contribution < -0.4 is 4.90 Å². The molecule has 4 heteroatoms. The van der Waals surface area contributed by atoms with Crippen molar-refractivity contribution in [3.8, 4) is 67.5 Å². The monoisotopic (exact) mass is 868 g/mol. The first-order valence-electron chi connectivity index (χ1n) is 23.1. The summed E-state index contributed by atoms with van der Waals surface area (Å²) in [6.07, 6.45) is 0. The van der Waals surface area contributed by atoms with E-state index in [9.17, 15) is 0 Å². The van der Waals surface area contributed by atoms with Crippen molar-refractivity contribution in [1.82, 2.24) is 15.0 Å². The van der Waals surface area contributed by atoms with E-state index in [0.29, 0.717) is 17.5 Å². The van der Waals surface area contributed by atoms with Crippen molar-refractivity contribution in [2.45, 2.75) is 5.41 Å². The number of fused-ring (bicyclic) bond motifs is 3. The minimum atomic E-state index is -0.648. The van der Waals surface area contributed by atoms with E-state index in [1.54, 1.807) is 0 Å². The average Bonchev–Trinajstić information content (AvgIpc) is 3.73. The normalized spacial score (nSPS) is 13.6. The topological polar surface area (TPSA) is 41.9 Å². The molecular formula is C64H44N4. The molecule has 1 aliphatic carbocycles. The molecular weight excluding hydrogens is 825 g/mol. The molecule has 0 saturated heterocycles. The Balaban J connectivity index is 1.02. The van der Waals surface area contributed by atoms with Crippen molar-refractivity contribution >= 4 is 17.1 Å². The van der Waals surface area contributed by atoms with Gasteiger partial charge < -0.3 is 4.90 Å². The fourth-order valence-corrected chi connectivity index (χ4v) is 10.0. The highest BCUT2D eigenvalue weighted by molar-refractivity contribution is 5.89. The Bertz CT molecular complexity index is 3370. The lowest BCUT2D eigenvalue weighted by atomic mass is 9.67. The summed E-state index contributed by atoms with van der Waals surface area (Å²) >= 11 is 0. The molecule has 0 bridgehead atoms. The maximum Gasteiger partial charge on any atom is 0.164 e. The van der Waals surface area contributed by atoms with E-state index in [2.05, 4.69) is 260 Å². The van der Waals surface area contributed by atoms with Gasteiger partial charge in [-0.05, 0) is 98.1 Å². The maximum atomic E-state index is 5.30. The molecule has 0 spiro atoms. The van der Waals surface area contributed by atoms with Crippen molar-refractivity contribution in [1.29, 1.82) is 0 Å². The van der Waals surface area contributed by atoms with Gasteiger partial charge in [-0.1, -0.05) is 224 Å². The highest BCUT2D eigenvalue weighted by Crippen LogP contribution is 2.57. The molecule has 1 aromatic heterocycles. The van der Waals surface area contributed by atoms with Crippen LogP contribution in [0.25, 0.3) is 67.5 Å². The summed E-state index contributed by atoms with van der Waals surface area (Å²) < 4.78 is 0. The molecule has 10 aromatic carbocycles. The molecule has 68 heavy (non-hydrogen) atoms. The van der Waals surface area contributed by atoms with Crippen LogP contribution in [0.15, 0.2) is 267 Å². The number of nitrogens with zero attached hydrogens (tertiary/aromatic N) is 4. The van der Waals surface area contributed by atoms with Gasteiger partial charge in [0.1, 0.15) is 0 Å². The highest BCUT2D eigenvalue weighted by Gasteiger charge is 2.46. The van der Waals surface area contributed by atoms with Crippen molar-refractivity contribution in [3.05, 3.63) is 289 Å². The van der Waals surface area contributed by atoms with E-state index < -0.39 is 5.41 Å². The Morgan fingerprint density at radius 3 is 1.12 bits per heavy atom. The van der Waals surface area contributed by atoms with E-state index in [0.717, 1.165) is 56.0 Å². The zero-order valence-electron chi connectivity index (χ0n) is 37.2. The lowest BCUT2D eigenvalue weighted by Crippen LogP contribution is -2.28. The molecule has 12 rings (SSSR count). The lowest BCUT2D eigenvalue weighted by molar-refractivity contribution is 0.768. The molecule has 1 heterocycles. The van der Waals surface area contributed by atoms with Gasteiger partial charge in [-0.25, -0.2) is 15.0 Å². The maximum absolute atomic E-state index is 5.30. The fourth-order valence-electron chi connectivity index (χ4n) is 10.0.